The van der Waals surface area contributed by atoms with Crippen LogP contribution in [0.2, 0.25) is 0 Å². The van der Waals surface area contributed by atoms with Gasteiger partial charge in [0.05, 0.1) is 18.2 Å². The molecular weight excluding hydrogens is 340 g/mol. The lowest BCUT2D eigenvalue weighted by atomic mass is 10.1. The molecule has 1 aliphatic rings. The Bertz CT molecular complexity index is 964. The molecule has 2 heterocycles. The molecule has 0 spiro atoms. The summed E-state index contributed by atoms with van der Waals surface area (Å²) in [6, 6.07) is 13.9. The maximum atomic E-state index is 9.10. The van der Waals surface area contributed by atoms with Crippen LogP contribution in [0, 0.1) is 18.3 Å². The molecule has 27 heavy (non-hydrogen) atoms. The van der Waals surface area contributed by atoms with E-state index in [1.807, 2.05) is 25.1 Å². The van der Waals surface area contributed by atoms with Crippen molar-refractivity contribution in [2.45, 2.75) is 38.9 Å². The summed E-state index contributed by atoms with van der Waals surface area (Å²) in [5, 5.41) is 9.10. The van der Waals surface area contributed by atoms with Gasteiger partial charge in [-0.25, -0.2) is 4.98 Å². The summed E-state index contributed by atoms with van der Waals surface area (Å²) >= 11 is 0. The van der Waals surface area contributed by atoms with Gasteiger partial charge in [-0.3, -0.25) is 0 Å². The highest BCUT2D eigenvalue weighted by atomic mass is 16.7. The second kappa shape index (κ2) is 7.91. The van der Waals surface area contributed by atoms with Gasteiger partial charge in [-0.15, -0.1) is 0 Å². The van der Waals surface area contributed by atoms with Gasteiger partial charge in [-0.2, -0.15) is 5.26 Å². The number of fused-ring (bicyclic) bond motifs is 1. The summed E-state index contributed by atoms with van der Waals surface area (Å²) in [5.41, 5.74) is 5.08. The maximum absolute atomic E-state index is 9.10. The van der Waals surface area contributed by atoms with Crippen molar-refractivity contribution in [3.63, 3.8) is 0 Å². The molecule has 0 amide bonds. The molecule has 138 valence electrons. The van der Waals surface area contributed by atoms with Crippen molar-refractivity contribution in [3.05, 3.63) is 53.1 Å². The van der Waals surface area contributed by atoms with Gasteiger partial charge in [-0.1, -0.05) is 12.1 Å². The smallest absolute Gasteiger partial charge is 0.227 e. The predicted molar refractivity (Wildman–Crippen MR) is 102 cm³/mol. The average molecular weight is 362 g/mol. The maximum Gasteiger partial charge on any atom is 0.227 e. The van der Waals surface area contributed by atoms with Crippen LogP contribution in [0.5, 0.6) is 0 Å². The number of aryl methyl sites for hydroxylation is 1. The minimum atomic E-state index is -0.0423. The second-order valence-electron chi connectivity index (χ2n) is 6.89. The number of ether oxygens (including phenoxy) is 2. The van der Waals surface area contributed by atoms with Crippen LogP contribution in [0.1, 0.15) is 36.0 Å². The first-order valence-corrected chi connectivity index (χ1v) is 9.37. The van der Waals surface area contributed by atoms with E-state index in [1.54, 1.807) is 6.07 Å². The van der Waals surface area contributed by atoms with Crippen LogP contribution in [0.15, 0.2) is 40.8 Å². The van der Waals surface area contributed by atoms with E-state index >= 15 is 0 Å². The van der Waals surface area contributed by atoms with Crippen molar-refractivity contribution < 1.29 is 13.9 Å². The second-order valence-corrected chi connectivity index (χ2v) is 6.89. The fourth-order valence-electron chi connectivity index (χ4n) is 3.35. The monoisotopic (exact) mass is 362 g/mol. The van der Waals surface area contributed by atoms with Gasteiger partial charge in [-0.05, 0) is 68.0 Å². The Hall–Kier alpha value is -2.68. The van der Waals surface area contributed by atoms with Crippen molar-refractivity contribution >= 4 is 11.1 Å². The molecule has 1 saturated heterocycles. The molecule has 0 radical (unpaired) electrons. The topological polar surface area (TPSA) is 68.3 Å². The molecule has 2 aromatic carbocycles. The fourth-order valence-corrected chi connectivity index (χ4v) is 3.35. The average Bonchev–Trinajstić information content (AvgIpc) is 3.14. The molecule has 1 fully saturated rings. The molecule has 0 saturated carbocycles. The number of nitriles is 1. The zero-order valence-corrected chi connectivity index (χ0v) is 15.4. The van der Waals surface area contributed by atoms with E-state index in [0.717, 1.165) is 42.6 Å². The van der Waals surface area contributed by atoms with Crippen LogP contribution in [-0.2, 0) is 15.9 Å². The number of hydrogen-bond donors (Lipinski definition) is 0. The molecule has 0 aliphatic carbocycles. The van der Waals surface area contributed by atoms with E-state index in [0.29, 0.717) is 23.6 Å². The molecule has 1 aliphatic heterocycles. The van der Waals surface area contributed by atoms with Crippen LogP contribution in [0.25, 0.3) is 22.6 Å². The molecule has 1 atom stereocenters. The van der Waals surface area contributed by atoms with E-state index in [9.17, 15) is 0 Å². The molecular formula is C22H22N2O3. The Kier molecular flexibility index (Phi) is 5.19. The molecule has 0 N–H and O–H groups in total. The lowest BCUT2D eigenvalue weighted by Crippen LogP contribution is -2.23. The molecule has 3 aromatic rings. The van der Waals surface area contributed by atoms with E-state index in [4.69, 9.17) is 19.2 Å². The highest BCUT2D eigenvalue weighted by Gasteiger charge is 2.14. The molecule has 5 nitrogen and oxygen atoms in total. The minimum Gasteiger partial charge on any atom is -0.436 e. The Morgan fingerprint density at radius 3 is 2.81 bits per heavy atom. The van der Waals surface area contributed by atoms with Gasteiger partial charge in [0.2, 0.25) is 5.89 Å². The van der Waals surface area contributed by atoms with Crippen LogP contribution in [0.3, 0.4) is 0 Å². The molecule has 1 aromatic heterocycles. The van der Waals surface area contributed by atoms with Crippen LogP contribution in [0.4, 0.5) is 0 Å². The van der Waals surface area contributed by atoms with E-state index in [-0.39, 0.29) is 6.29 Å². The molecule has 5 heteroatoms. The van der Waals surface area contributed by atoms with Crippen molar-refractivity contribution in [2.75, 3.05) is 13.2 Å². The summed E-state index contributed by atoms with van der Waals surface area (Å²) in [4.78, 5) is 4.55. The third kappa shape index (κ3) is 4.02. The fraction of sp³-hybridized carbons (Fsp3) is 0.364. The van der Waals surface area contributed by atoms with Crippen molar-refractivity contribution in [1.82, 2.24) is 4.98 Å². The largest absolute Gasteiger partial charge is 0.436 e. The van der Waals surface area contributed by atoms with Crippen molar-refractivity contribution in [1.29, 1.82) is 5.26 Å². The Morgan fingerprint density at radius 2 is 2.07 bits per heavy atom. The van der Waals surface area contributed by atoms with E-state index in [1.165, 1.54) is 12.0 Å². The Balaban J connectivity index is 1.43. The van der Waals surface area contributed by atoms with Crippen molar-refractivity contribution in [2.24, 2.45) is 0 Å². The summed E-state index contributed by atoms with van der Waals surface area (Å²) in [5.74, 6) is 0.571. The van der Waals surface area contributed by atoms with Crippen LogP contribution < -0.4 is 0 Å². The third-order valence-electron chi connectivity index (χ3n) is 4.84. The third-order valence-corrected chi connectivity index (χ3v) is 4.84. The van der Waals surface area contributed by atoms with Crippen LogP contribution in [-0.4, -0.2) is 24.5 Å². The van der Waals surface area contributed by atoms with Crippen molar-refractivity contribution in [3.8, 4) is 17.5 Å². The highest BCUT2D eigenvalue weighted by molar-refractivity contribution is 5.80. The highest BCUT2D eigenvalue weighted by Crippen LogP contribution is 2.27. The number of benzene rings is 2. The number of rotatable bonds is 5. The van der Waals surface area contributed by atoms with E-state index < -0.39 is 0 Å². The normalized spacial score (nSPS) is 17.1. The lowest BCUT2D eigenvalue weighted by Gasteiger charge is -2.22. The first kappa shape index (κ1) is 17.7. The van der Waals surface area contributed by atoms with Gasteiger partial charge in [0.1, 0.15) is 5.52 Å². The number of oxazole rings is 1. The van der Waals surface area contributed by atoms with Gasteiger partial charge in [0.15, 0.2) is 11.9 Å². The zero-order valence-electron chi connectivity index (χ0n) is 15.4. The van der Waals surface area contributed by atoms with E-state index in [2.05, 4.69) is 23.2 Å². The van der Waals surface area contributed by atoms with Gasteiger partial charge in [0.25, 0.3) is 0 Å². The summed E-state index contributed by atoms with van der Waals surface area (Å²) < 4.78 is 17.3. The number of hydrogen-bond acceptors (Lipinski definition) is 5. The molecule has 1 unspecified atom stereocenters. The van der Waals surface area contributed by atoms with Gasteiger partial charge in [0, 0.05) is 12.2 Å². The first-order chi connectivity index (χ1) is 13.2. The predicted octanol–water partition coefficient (Wildman–Crippen LogP) is 4.76. The number of aromatic nitrogens is 1. The zero-order chi connectivity index (χ0) is 18.6. The Labute approximate surface area is 158 Å². The molecule has 0 bridgehead atoms. The quantitative estimate of drug-likeness (QED) is 0.654. The minimum absolute atomic E-state index is 0.0423. The number of nitrogens with zero attached hydrogens (tertiary/aromatic N) is 2. The Morgan fingerprint density at radius 1 is 1.22 bits per heavy atom. The SMILES string of the molecule is Cc1cc(C#N)cc2nc(-c3ccc(CCOC4CCCCO4)cc3)oc12. The lowest BCUT2D eigenvalue weighted by molar-refractivity contribution is -0.161. The summed E-state index contributed by atoms with van der Waals surface area (Å²) in [7, 11) is 0. The van der Waals surface area contributed by atoms with Gasteiger partial charge < -0.3 is 13.9 Å². The standard InChI is InChI=1S/C22H22N2O3/c1-15-12-17(14-23)13-19-21(15)27-22(24-19)18-7-5-16(6-8-18)9-11-26-20-4-2-3-10-25-20/h5-8,12-13,20H,2-4,9-11H2,1H3. The first-order valence-electron chi connectivity index (χ1n) is 9.37. The van der Waals surface area contributed by atoms with Gasteiger partial charge >= 0.3 is 0 Å². The van der Waals surface area contributed by atoms with Crippen LogP contribution >= 0.6 is 0 Å². The molecule has 4 rings (SSSR count). The summed E-state index contributed by atoms with van der Waals surface area (Å²) in [6.45, 7) is 3.39. The summed E-state index contributed by atoms with van der Waals surface area (Å²) in [6.07, 6.45) is 4.11.